The Morgan fingerprint density at radius 1 is 0.778 bits per heavy atom. The van der Waals surface area contributed by atoms with Gasteiger partial charge in [-0.05, 0) is 37.1 Å². The fraction of sp³-hybridized carbons (Fsp3) is 0.565. The third kappa shape index (κ3) is 10.6. The molecule has 0 aliphatic heterocycles. The van der Waals surface area contributed by atoms with Crippen LogP contribution in [0.15, 0.2) is 36.9 Å². The highest BCUT2D eigenvalue weighted by molar-refractivity contribution is 5.93. The van der Waals surface area contributed by atoms with Crippen molar-refractivity contribution in [2.75, 3.05) is 13.2 Å². The number of hydrogen-bond donors (Lipinski definition) is 0. The van der Waals surface area contributed by atoms with Crippen LogP contribution in [0.25, 0.3) is 0 Å². The van der Waals surface area contributed by atoms with Gasteiger partial charge >= 0.3 is 11.9 Å². The molecule has 4 heteroatoms. The molecule has 0 saturated carbocycles. The predicted octanol–water partition coefficient (Wildman–Crippen LogP) is 6.11. The van der Waals surface area contributed by atoms with Crippen LogP contribution in [0.1, 0.15) is 91.8 Å². The van der Waals surface area contributed by atoms with Gasteiger partial charge in [0.2, 0.25) is 0 Å². The van der Waals surface area contributed by atoms with Gasteiger partial charge < -0.3 is 9.47 Å². The van der Waals surface area contributed by atoms with E-state index in [4.69, 9.17) is 9.47 Å². The molecule has 0 N–H and O–H groups in total. The van der Waals surface area contributed by atoms with E-state index < -0.39 is 5.97 Å². The van der Waals surface area contributed by atoms with E-state index in [-0.39, 0.29) is 5.97 Å². The molecule has 0 aliphatic rings. The molecule has 4 nitrogen and oxygen atoms in total. The molecular weight excluding hydrogens is 340 g/mol. The average Bonchev–Trinajstić information content (AvgIpc) is 2.69. The summed E-state index contributed by atoms with van der Waals surface area (Å²) in [5, 5.41) is 0. The second-order valence-electron chi connectivity index (χ2n) is 6.75. The molecule has 0 heterocycles. The van der Waals surface area contributed by atoms with E-state index in [0.717, 1.165) is 12.8 Å². The van der Waals surface area contributed by atoms with Crippen molar-refractivity contribution >= 4 is 11.9 Å². The molecule has 27 heavy (non-hydrogen) atoms. The second-order valence-corrected chi connectivity index (χ2v) is 6.75. The lowest BCUT2D eigenvalue weighted by molar-refractivity contribution is 0.0488. The van der Waals surface area contributed by atoms with Crippen molar-refractivity contribution in [3.63, 3.8) is 0 Å². The molecule has 1 aromatic rings. The Morgan fingerprint density at radius 3 is 1.70 bits per heavy atom. The lowest BCUT2D eigenvalue weighted by Crippen LogP contribution is -2.09. The van der Waals surface area contributed by atoms with Gasteiger partial charge in [0.05, 0.1) is 24.3 Å². The minimum atomic E-state index is -0.397. The summed E-state index contributed by atoms with van der Waals surface area (Å²) in [7, 11) is 0. The van der Waals surface area contributed by atoms with Crippen LogP contribution >= 0.6 is 0 Å². The number of benzene rings is 1. The summed E-state index contributed by atoms with van der Waals surface area (Å²) in [6, 6.07) is 6.38. The van der Waals surface area contributed by atoms with Crippen molar-refractivity contribution in [1.82, 2.24) is 0 Å². The number of carbonyl (C=O) groups excluding carboxylic acids is 2. The monoisotopic (exact) mass is 374 g/mol. The van der Waals surface area contributed by atoms with Crippen molar-refractivity contribution in [2.24, 2.45) is 0 Å². The summed E-state index contributed by atoms with van der Waals surface area (Å²) < 4.78 is 10.4. The van der Waals surface area contributed by atoms with E-state index in [2.05, 4.69) is 13.5 Å². The summed E-state index contributed by atoms with van der Waals surface area (Å²) >= 11 is 0. The SMILES string of the molecule is C=CCCOC(=O)c1ccc(C(=O)OCCCCCCCCCCC)cc1. The maximum Gasteiger partial charge on any atom is 0.338 e. The zero-order valence-corrected chi connectivity index (χ0v) is 16.7. The zero-order chi connectivity index (χ0) is 19.7. The zero-order valence-electron chi connectivity index (χ0n) is 16.7. The van der Waals surface area contributed by atoms with Crippen LogP contribution in [0.5, 0.6) is 0 Å². The average molecular weight is 375 g/mol. The van der Waals surface area contributed by atoms with Crippen molar-refractivity contribution in [3.8, 4) is 0 Å². The lowest BCUT2D eigenvalue weighted by atomic mass is 10.1. The second kappa shape index (κ2) is 15.0. The molecule has 0 aliphatic carbocycles. The minimum absolute atomic E-state index is 0.310. The summed E-state index contributed by atoms with van der Waals surface area (Å²) in [5.41, 5.74) is 0.878. The van der Waals surface area contributed by atoms with Crippen molar-refractivity contribution in [1.29, 1.82) is 0 Å². The Balaban J connectivity index is 2.16. The number of rotatable bonds is 15. The molecule has 0 atom stereocenters. The summed E-state index contributed by atoms with van der Waals surface area (Å²) in [6.07, 6.45) is 13.4. The van der Waals surface area contributed by atoms with Crippen molar-refractivity contribution in [2.45, 2.75) is 71.1 Å². The highest BCUT2D eigenvalue weighted by Gasteiger charge is 2.10. The van der Waals surface area contributed by atoms with Gasteiger partial charge in [-0.15, -0.1) is 6.58 Å². The Morgan fingerprint density at radius 2 is 1.22 bits per heavy atom. The molecule has 0 saturated heterocycles. The fourth-order valence-electron chi connectivity index (χ4n) is 2.72. The van der Waals surface area contributed by atoms with E-state index in [1.165, 1.54) is 44.9 Å². The molecular formula is C23H34O4. The first-order chi connectivity index (χ1) is 13.2. The molecule has 0 bridgehead atoms. The number of esters is 2. The maximum absolute atomic E-state index is 12.0. The van der Waals surface area contributed by atoms with Crippen molar-refractivity contribution in [3.05, 3.63) is 48.0 Å². The normalized spacial score (nSPS) is 10.4. The Kier molecular flexibility index (Phi) is 12.7. The number of unbranched alkanes of at least 4 members (excludes halogenated alkanes) is 8. The van der Waals surface area contributed by atoms with Crippen LogP contribution in [0.4, 0.5) is 0 Å². The fourth-order valence-corrected chi connectivity index (χ4v) is 2.72. The standard InChI is InChI=1S/C23H34O4/c1-3-5-7-8-9-10-11-12-13-19-27-23(25)21-16-14-20(15-17-21)22(24)26-18-6-4-2/h4,14-17H,2-3,5-13,18-19H2,1H3. The molecule has 0 fully saturated rings. The molecule has 0 unspecified atom stereocenters. The van der Waals surface area contributed by atoms with Gasteiger partial charge in [-0.2, -0.15) is 0 Å². The van der Waals surface area contributed by atoms with Gasteiger partial charge in [0.15, 0.2) is 0 Å². The summed E-state index contributed by atoms with van der Waals surface area (Å²) in [6.45, 7) is 6.56. The Hall–Kier alpha value is -2.10. The lowest BCUT2D eigenvalue weighted by Gasteiger charge is -2.06. The number of carbonyl (C=O) groups is 2. The van der Waals surface area contributed by atoms with Crippen molar-refractivity contribution < 1.29 is 19.1 Å². The van der Waals surface area contributed by atoms with Crippen LogP contribution in [-0.2, 0) is 9.47 Å². The highest BCUT2D eigenvalue weighted by atomic mass is 16.5. The number of hydrogen-bond acceptors (Lipinski definition) is 4. The van der Waals surface area contributed by atoms with Crippen LogP contribution in [0, 0.1) is 0 Å². The summed E-state index contributed by atoms with van der Waals surface area (Å²) in [5.74, 6) is -0.743. The van der Waals surface area contributed by atoms with E-state index in [1.807, 2.05) is 0 Å². The first-order valence-electron chi connectivity index (χ1n) is 10.2. The molecule has 0 spiro atoms. The van der Waals surface area contributed by atoms with Crippen LogP contribution in [0.3, 0.4) is 0 Å². The number of ether oxygens (including phenoxy) is 2. The van der Waals surface area contributed by atoms with Gasteiger partial charge in [0, 0.05) is 0 Å². The molecule has 150 valence electrons. The predicted molar refractivity (Wildman–Crippen MR) is 109 cm³/mol. The molecule has 1 aromatic carbocycles. The van der Waals surface area contributed by atoms with E-state index in [0.29, 0.717) is 30.8 Å². The first-order valence-corrected chi connectivity index (χ1v) is 10.2. The molecule has 0 amide bonds. The third-order valence-electron chi connectivity index (χ3n) is 4.39. The molecule has 0 radical (unpaired) electrons. The first kappa shape index (κ1) is 22.9. The molecule has 1 rings (SSSR count). The van der Waals surface area contributed by atoms with Gasteiger partial charge in [0.1, 0.15) is 0 Å². The largest absolute Gasteiger partial charge is 0.462 e. The molecule has 0 aromatic heterocycles. The van der Waals surface area contributed by atoms with E-state index in [1.54, 1.807) is 30.3 Å². The van der Waals surface area contributed by atoms with E-state index >= 15 is 0 Å². The summed E-state index contributed by atoms with van der Waals surface area (Å²) in [4.78, 5) is 23.8. The van der Waals surface area contributed by atoms with Gasteiger partial charge in [0.25, 0.3) is 0 Å². The van der Waals surface area contributed by atoms with Crippen LogP contribution in [0.2, 0.25) is 0 Å². The van der Waals surface area contributed by atoms with Gasteiger partial charge in [-0.1, -0.05) is 64.4 Å². The maximum atomic E-state index is 12.0. The van der Waals surface area contributed by atoms with E-state index in [9.17, 15) is 9.59 Å². The van der Waals surface area contributed by atoms with Gasteiger partial charge in [-0.3, -0.25) is 0 Å². The highest BCUT2D eigenvalue weighted by Crippen LogP contribution is 2.11. The Bertz CT molecular complexity index is 548. The van der Waals surface area contributed by atoms with Gasteiger partial charge in [-0.25, -0.2) is 9.59 Å². The minimum Gasteiger partial charge on any atom is -0.462 e. The topological polar surface area (TPSA) is 52.6 Å². The quantitative estimate of drug-likeness (QED) is 0.211. The smallest absolute Gasteiger partial charge is 0.338 e. The van der Waals surface area contributed by atoms with Crippen LogP contribution in [-0.4, -0.2) is 25.2 Å². The Labute approximate surface area is 163 Å². The van der Waals surface area contributed by atoms with Crippen LogP contribution < -0.4 is 0 Å². The third-order valence-corrected chi connectivity index (χ3v) is 4.39.